The monoisotopic (exact) mass is 230 g/mol. The predicted molar refractivity (Wildman–Crippen MR) is 62.2 cm³/mol. The van der Waals surface area contributed by atoms with Gasteiger partial charge in [0.1, 0.15) is 6.04 Å². The lowest BCUT2D eigenvalue weighted by molar-refractivity contribution is -0.142. The molecule has 0 aliphatic rings. The highest BCUT2D eigenvalue weighted by Gasteiger charge is 2.20. The summed E-state index contributed by atoms with van der Waals surface area (Å²) in [6, 6.07) is -0.782. The first-order valence-electron chi connectivity index (χ1n) is 5.70. The van der Waals surface area contributed by atoms with Crippen LogP contribution in [0.3, 0.4) is 0 Å². The van der Waals surface area contributed by atoms with Crippen LogP contribution in [0.2, 0.25) is 0 Å². The fraction of sp³-hybridized carbons (Fsp3) is 0.818. The van der Waals surface area contributed by atoms with Crippen molar-refractivity contribution in [2.24, 2.45) is 5.92 Å². The number of carbonyl (C=O) groups is 2. The van der Waals surface area contributed by atoms with E-state index in [0.29, 0.717) is 6.42 Å². The van der Waals surface area contributed by atoms with Gasteiger partial charge in [0.15, 0.2) is 0 Å². The fourth-order valence-electron chi connectivity index (χ4n) is 1.32. The van der Waals surface area contributed by atoms with Gasteiger partial charge in [-0.2, -0.15) is 0 Å². The molecule has 5 nitrogen and oxygen atoms in total. The molecule has 0 aliphatic heterocycles. The second-order valence-electron chi connectivity index (χ2n) is 4.26. The van der Waals surface area contributed by atoms with E-state index < -0.39 is 12.0 Å². The van der Waals surface area contributed by atoms with Crippen LogP contribution in [0.15, 0.2) is 0 Å². The molecule has 0 aliphatic carbocycles. The zero-order valence-electron chi connectivity index (χ0n) is 10.2. The van der Waals surface area contributed by atoms with Crippen molar-refractivity contribution >= 4 is 11.9 Å². The van der Waals surface area contributed by atoms with E-state index in [1.165, 1.54) is 0 Å². The summed E-state index contributed by atoms with van der Waals surface area (Å²) < 4.78 is 0. The SMILES string of the molecule is CCCNCC(=O)NC(CC(C)C)C(=O)O. The molecule has 0 saturated carbocycles. The summed E-state index contributed by atoms with van der Waals surface area (Å²) in [5.41, 5.74) is 0. The smallest absolute Gasteiger partial charge is 0.326 e. The van der Waals surface area contributed by atoms with Gasteiger partial charge in [-0.3, -0.25) is 4.79 Å². The number of carbonyl (C=O) groups excluding carboxylic acids is 1. The van der Waals surface area contributed by atoms with E-state index in [4.69, 9.17) is 5.11 Å². The lowest BCUT2D eigenvalue weighted by atomic mass is 10.0. The number of carboxylic acid groups (broad SMARTS) is 1. The van der Waals surface area contributed by atoms with Gasteiger partial charge in [0.05, 0.1) is 6.54 Å². The average Bonchev–Trinajstić information content (AvgIpc) is 2.16. The van der Waals surface area contributed by atoms with Crippen LogP contribution in [-0.2, 0) is 9.59 Å². The molecule has 5 heteroatoms. The van der Waals surface area contributed by atoms with Gasteiger partial charge in [0.25, 0.3) is 0 Å². The fourth-order valence-corrected chi connectivity index (χ4v) is 1.32. The predicted octanol–water partition coefficient (Wildman–Crippen LogP) is 0.601. The topological polar surface area (TPSA) is 78.4 Å². The van der Waals surface area contributed by atoms with E-state index in [1.807, 2.05) is 20.8 Å². The van der Waals surface area contributed by atoms with Crippen LogP contribution in [-0.4, -0.2) is 36.1 Å². The zero-order valence-corrected chi connectivity index (χ0v) is 10.2. The molecular weight excluding hydrogens is 208 g/mol. The first-order chi connectivity index (χ1) is 7.47. The summed E-state index contributed by atoms with van der Waals surface area (Å²) in [7, 11) is 0. The molecule has 0 radical (unpaired) electrons. The van der Waals surface area contributed by atoms with Gasteiger partial charge in [0.2, 0.25) is 5.91 Å². The van der Waals surface area contributed by atoms with E-state index in [-0.39, 0.29) is 18.4 Å². The maximum Gasteiger partial charge on any atom is 0.326 e. The number of nitrogens with one attached hydrogen (secondary N) is 2. The van der Waals surface area contributed by atoms with E-state index >= 15 is 0 Å². The molecule has 0 aromatic heterocycles. The molecule has 0 aromatic rings. The van der Waals surface area contributed by atoms with Gasteiger partial charge in [0, 0.05) is 0 Å². The van der Waals surface area contributed by atoms with Crippen LogP contribution in [0.5, 0.6) is 0 Å². The van der Waals surface area contributed by atoms with Crippen molar-refractivity contribution in [1.82, 2.24) is 10.6 Å². The maximum atomic E-state index is 11.4. The minimum absolute atomic E-state index is 0.176. The number of hydrogen-bond acceptors (Lipinski definition) is 3. The van der Waals surface area contributed by atoms with Gasteiger partial charge in [-0.25, -0.2) is 4.79 Å². The quantitative estimate of drug-likeness (QED) is 0.534. The number of amides is 1. The highest BCUT2D eigenvalue weighted by molar-refractivity contribution is 5.84. The molecule has 0 spiro atoms. The van der Waals surface area contributed by atoms with E-state index in [2.05, 4.69) is 10.6 Å². The lowest BCUT2D eigenvalue weighted by Crippen LogP contribution is -2.45. The molecule has 1 unspecified atom stereocenters. The molecule has 0 saturated heterocycles. The van der Waals surface area contributed by atoms with Crippen molar-refractivity contribution in [3.8, 4) is 0 Å². The number of aliphatic carboxylic acids is 1. The number of carboxylic acids is 1. The van der Waals surface area contributed by atoms with Crippen molar-refractivity contribution < 1.29 is 14.7 Å². The molecule has 0 fully saturated rings. The van der Waals surface area contributed by atoms with E-state index in [0.717, 1.165) is 13.0 Å². The van der Waals surface area contributed by atoms with Crippen LogP contribution in [0, 0.1) is 5.92 Å². The summed E-state index contributed by atoms with van der Waals surface area (Å²) in [5, 5.41) is 14.3. The van der Waals surface area contributed by atoms with Gasteiger partial charge < -0.3 is 15.7 Å². The zero-order chi connectivity index (χ0) is 12.6. The minimum atomic E-state index is -0.974. The summed E-state index contributed by atoms with van der Waals surface area (Å²) in [5.74, 6) is -0.996. The van der Waals surface area contributed by atoms with Crippen molar-refractivity contribution in [1.29, 1.82) is 0 Å². The Kier molecular flexibility index (Phi) is 7.54. The third kappa shape index (κ3) is 7.23. The van der Waals surface area contributed by atoms with Gasteiger partial charge in [-0.05, 0) is 25.3 Å². The maximum absolute atomic E-state index is 11.4. The number of rotatable bonds is 8. The normalized spacial score (nSPS) is 12.5. The third-order valence-electron chi connectivity index (χ3n) is 2.05. The summed E-state index contributed by atoms with van der Waals surface area (Å²) in [4.78, 5) is 22.2. The highest BCUT2D eigenvalue weighted by Crippen LogP contribution is 2.04. The van der Waals surface area contributed by atoms with Crippen LogP contribution in [0.4, 0.5) is 0 Å². The van der Waals surface area contributed by atoms with Crippen molar-refractivity contribution in [2.45, 2.75) is 39.7 Å². The Morgan fingerprint density at radius 1 is 1.31 bits per heavy atom. The summed E-state index contributed by atoms with van der Waals surface area (Å²) in [6.45, 7) is 6.80. The standard InChI is InChI=1S/C11H22N2O3/c1-4-5-12-7-10(14)13-9(11(15)16)6-8(2)3/h8-9,12H,4-7H2,1-3H3,(H,13,14)(H,15,16). The van der Waals surface area contributed by atoms with Crippen LogP contribution in [0.25, 0.3) is 0 Å². The molecule has 1 amide bonds. The van der Waals surface area contributed by atoms with Crippen LogP contribution >= 0.6 is 0 Å². The van der Waals surface area contributed by atoms with Crippen LogP contribution < -0.4 is 10.6 Å². The van der Waals surface area contributed by atoms with Gasteiger partial charge in [-0.15, -0.1) is 0 Å². The lowest BCUT2D eigenvalue weighted by Gasteiger charge is -2.16. The second-order valence-corrected chi connectivity index (χ2v) is 4.26. The van der Waals surface area contributed by atoms with Crippen molar-refractivity contribution in [2.75, 3.05) is 13.1 Å². The molecule has 94 valence electrons. The largest absolute Gasteiger partial charge is 0.480 e. The summed E-state index contributed by atoms with van der Waals surface area (Å²) >= 11 is 0. The van der Waals surface area contributed by atoms with Crippen molar-refractivity contribution in [3.63, 3.8) is 0 Å². The Balaban J connectivity index is 3.98. The Bertz CT molecular complexity index is 229. The van der Waals surface area contributed by atoms with E-state index in [1.54, 1.807) is 0 Å². The Morgan fingerprint density at radius 2 is 1.94 bits per heavy atom. The number of hydrogen-bond donors (Lipinski definition) is 3. The minimum Gasteiger partial charge on any atom is -0.480 e. The Morgan fingerprint density at radius 3 is 2.38 bits per heavy atom. The highest BCUT2D eigenvalue weighted by atomic mass is 16.4. The molecule has 16 heavy (non-hydrogen) atoms. The molecule has 1 atom stereocenters. The molecular formula is C11H22N2O3. The molecule has 3 N–H and O–H groups in total. The summed E-state index contributed by atoms with van der Waals surface area (Å²) in [6.07, 6.45) is 1.40. The third-order valence-corrected chi connectivity index (χ3v) is 2.05. The Hall–Kier alpha value is -1.10. The van der Waals surface area contributed by atoms with Gasteiger partial charge >= 0.3 is 5.97 Å². The molecule has 0 heterocycles. The molecule has 0 aromatic carbocycles. The van der Waals surface area contributed by atoms with Crippen LogP contribution in [0.1, 0.15) is 33.6 Å². The van der Waals surface area contributed by atoms with Gasteiger partial charge in [-0.1, -0.05) is 20.8 Å². The first-order valence-corrected chi connectivity index (χ1v) is 5.70. The van der Waals surface area contributed by atoms with Crippen molar-refractivity contribution in [3.05, 3.63) is 0 Å². The first kappa shape index (κ1) is 14.9. The molecule has 0 rings (SSSR count). The average molecular weight is 230 g/mol. The second kappa shape index (κ2) is 8.10. The molecule has 0 bridgehead atoms. The van der Waals surface area contributed by atoms with E-state index in [9.17, 15) is 9.59 Å². The Labute approximate surface area is 96.6 Å².